The number of hydrogen-bond acceptors (Lipinski definition) is 2. The van der Waals surface area contributed by atoms with E-state index in [1.165, 1.54) is 0 Å². The lowest BCUT2D eigenvalue weighted by Gasteiger charge is -2.04. The zero-order valence-corrected chi connectivity index (χ0v) is 11.5. The van der Waals surface area contributed by atoms with Crippen molar-refractivity contribution in [1.82, 2.24) is 9.78 Å². The second kappa shape index (κ2) is 5.55. The molecule has 0 amide bonds. The highest BCUT2D eigenvalue weighted by atomic mass is 35.5. The highest BCUT2D eigenvalue weighted by Gasteiger charge is 2.09. The molecule has 2 rings (SSSR count). The zero-order valence-electron chi connectivity index (χ0n) is 10.8. The Morgan fingerprint density at radius 3 is 2.83 bits per heavy atom. The van der Waals surface area contributed by atoms with Gasteiger partial charge in [-0.15, -0.1) is 0 Å². The molecule has 0 aliphatic rings. The maximum atomic E-state index is 6.08. The Kier molecular flexibility index (Phi) is 4.04. The van der Waals surface area contributed by atoms with Crippen LogP contribution < -0.4 is 5.73 Å². The molecule has 1 heterocycles. The van der Waals surface area contributed by atoms with Crippen molar-refractivity contribution >= 4 is 11.6 Å². The fourth-order valence-electron chi connectivity index (χ4n) is 2.04. The van der Waals surface area contributed by atoms with Crippen LogP contribution in [-0.4, -0.2) is 9.78 Å². The molecule has 0 aliphatic heterocycles. The molecule has 18 heavy (non-hydrogen) atoms. The van der Waals surface area contributed by atoms with Crippen LogP contribution in [0.3, 0.4) is 0 Å². The first kappa shape index (κ1) is 13.1. The molecule has 3 nitrogen and oxygen atoms in total. The first-order valence-corrected chi connectivity index (χ1v) is 6.56. The molecule has 0 unspecified atom stereocenters. The summed E-state index contributed by atoms with van der Waals surface area (Å²) < 4.78 is 1.99. The number of nitrogens with two attached hydrogens (primary N) is 1. The third-order valence-corrected chi connectivity index (χ3v) is 3.34. The van der Waals surface area contributed by atoms with Crippen LogP contribution >= 0.6 is 11.6 Å². The molecule has 96 valence electrons. The minimum atomic E-state index is 0.453. The van der Waals surface area contributed by atoms with Crippen LogP contribution in [0.25, 0.3) is 11.1 Å². The average Bonchev–Trinajstić information content (AvgIpc) is 2.71. The number of aryl methyl sites for hydroxylation is 2. The lowest BCUT2D eigenvalue weighted by atomic mass is 10.0. The Labute approximate surface area is 113 Å². The van der Waals surface area contributed by atoms with Crippen molar-refractivity contribution in [3.63, 3.8) is 0 Å². The van der Waals surface area contributed by atoms with Crippen LogP contribution in [0.15, 0.2) is 24.4 Å². The van der Waals surface area contributed by atoms with E-state index < -0.39 is 0 Å². The zero-order chi connectivity index (χ0) is 13.1. The summed E-state index contributed by atoms with van der Waals surface area (Å²) >= 11 is 6.08. The minimum Gasteiger partial charge on any atom is -0.326 e. The molecule has 0 saturated carbocycles. The summed E-state index contributed by atoms with van der Waals surface area (Å²) in [5, 5.41) is 5.23. The fourth-order valence-corrected chi connectivity index (χ4v) is 2.24. The Morgan fingerprint density at radius 2 is 2.17 bits per heavy atom. The molecule has 0 fully saturated rings. The normalized spacial score (nSPS) is 10.9. The van der Waals surface area contributed by atoms with Crippen molar-refractivity contribution in [3.8, 4) is 11.1 Å². The molecule has 4 heteroatoms. The Balaban J connectivity index is 2.41. The van der Waals surface area contributed by atoms with Gasteiger partial charge in [0.15, 0.2) is 0 Å². The largest absolute Gasteiger partial charge is 0.326 e. The summed E-state index contributed by atoms with van der Waals surface area (Å²) in [6, 6.07) is 5.96. The minimum absolute atomic E-state index is 0.453. The van der Waals surface area contributed by atoms with E-state index >= 15 is 0 Å². The van der Waals surface area contributed by atoms with E-state index in [-0.39, 0.29) is 0 Å². The maximum Gasteiger partial charge on any atom is 0.0672 e. The van der Waals surface area contributed by atoms with Gasteiger partial charge < -0.3 is 5.73 Å². The third kappa shape index (κ3) is 2.57. The van der Waals surface area contributed by atoms with Gasteiger partial charge in [0.25, 0.3) is 0 Å². The summed E-state index contributed by atoms with van der Waals surface area (Å²) in [4.78, 5) is 0. The van der Waals surface area contributed by atoms with Gasteiger partial charge >= 0.3 is 0 Å². The van der Waals surface area contributed by atoms with Crippen LogP contribution in [-0.2, 0) is 13.1 Å². The quantitative estimate of drug-likeness (QED) is 0.919. The van der Waals surface area contributed by atoms with Crippen molar-refractivity contribution in [1.29, 1.82) is 0 Å². The van der Waals surface area contributed by atoms with Gasteiger partial charge in [0.2, 0.25) is 0 Å². The van der Waals surface area contributed by atoms with Gasteiger partial charge in [-0.1, -0.05) is 24.6 Å². The molecule has 0 atom stereocenters. The fraction of sp³-hybridized carbons (Fsp3) is 0.357. The van der Waals surface area contributed by atoms with Crippen LogP contribution in [0, 0.1) is 6.92 Å². The Hall–Kier alpha value is -1.32. The number of aromatic nitrogens is 2. The van der Waals surface area contributed by atoms with Crippen molar-refractivity contribution in [2.45, 2.75) is 33.4 Å². The molecule has 1 aromatic heterocycles. The lowest BCUT2D eigenvalue weighted by molar-refractivity contribution is 0.598. The lowest BCUT2D eigenvalue weighted by Crippen LogP contribution is -1.97. The monoisotopic (exact) mass is 263 g/mol. The third-order valence-electron chi connectivity index (χ3n) is 2.98. The van der Waals surface area contributed by atoms with Gasteiger partial charge in [0.1, 0.15) is 0 Å². The van der Waals surface area contributed by atoms with Gasteiger partial charge in [-0.3, -0.25) is 4.68 Å². The van der Waals surface area contributed by atoms with Crippen molar-refractivity contribution in [3.05, 3.63) is 40.7 Å². The number of benzene rings is 1. The van der Waals surface area contributed by atoms with Crippen LogP contribution in [0.2, 0.25) is 5.02 Å². The van der Waals surface area contributed by atoms with E-state index in [4.69, 9.17) is 17.3 Å². The number of rotatable bonds is 4. The highest BCUT2D eigenvalue weighted by Crippen LogP contribution is 2.27. The van der Waals surface area contributed by atoms with Crippen LogP contribution in [0.1, 0.15) is 24.6 Å². The van der Waals surface area contributed by atoms with E-state index in [2.05, 4.69) is 18.2 Å². The molecule has 2 aromatic rings. The predicted molar refractivity (Wildman–Crippen MR) is 75.6 cm³/mol. The maximum absolute atomic E-state index is 6.08. The van der Waals surface area contributed by atoms with E-state index in [0.29, 0.717) is 6.54 Å². The number of hydrogen-bond donors (Lipinski definition) is 1. The van der Waals surface area contributed by atoms with E-state index in [0.717, 1.165) is 40.4 Å². The summed E-state index contributed by atoms with van der Waals surface area (Å²) in [6.07, 6.45) is 3.16. The summed E-state index contributed by atoms with van der Waals surface area (Å²) in [5.74, 6) is 0. The molecule has 1 aromatic carbocycles. The van der Waals surface area contributed by atoms with Gasteiger partial charge in [-0.05, 0) is 36.6 Å². The Bertz CT molecular complexity index is 546. The van der Waals surface area contributed by atoms with Gasteiger partial charge in [0, 0.05) is 29.9 Å². The van der Waals surface area contributed by atoms with Crippen molar-refractivity contribution in [2.24, 2.45) is 5.73 Å². The molecule has 0 aliphatic carbocycles. The standard InChI is InChI=1S/C14H18ClN3/c1-3-6-18-9-13(10(2)17-18)11-4-5-14(15)12(7-11)8-16/h4-5,7,9H,3,6,8,16H2,1-2H3. The van der Waals surface area contributed by atoms with Crippen molar-refractivity contribution < 1.29 is 0 Å². The summed E-state index contributed by atoms with van der Waals surface area (Å²) in [5.41, 5.74) is 9.96. The second-order valence-electron chi connectivity index (χ2n) is 4.40. The number of nitrogens with zero attached hydrogens (tertiary/aromatic N) is 2. The topological polar surface area (TPSA) is 43.8 Å². The molecular weight excluding hydrogens is 246 g/mol. The summed E-state index contributed by atoms with van der Waals surface area (Å²) in [7, 11) is 0. The van der Waals surface area contributed by atoms with Crippen LogP contribution in [0.5, 0.6) is 0 Å². The van der Waals surface area contributed by atoms with Gasteiger partial charge in [-0.2, -0.15) is 5.10 Å². The van der Waals surface area contributed by atoms with Gasteiger partial charge in [-0.25, -0.2) is 0 Å². The van der Waals surface area contributed by atoms with Gasteiger partial charge in [0.05, 0.1) is 5.69 Å². The molecule has 0 radical (unpaired) electrons. The Morgan fingerprint density at radius 1 is 1.39 bits per heavy atom. The molecule has 0 spiro atoms. The van der Waals surface area contributed by atoms with E-state index in [1.807, 2.05) is 29.8 Å². The van der Waals surface area contributed by atoms with E-state index in [1.54, 1.807) is 0 Å². The molecule has 0 saturated heterocycles. The number of halogens is 1. The first-order chi connectivity index (χ1) is 8.65. The smallest absolute Gasteiger partial charge is 0.0672 e. The SMILES string of the molecule is CCCn1cc(-c2ccc(Cl)c(CN)c2)c(C)n1. The van der Waals surface area contributed by atoms with Crippen molar-refractivity contribution in [2.75, 3.05) is 0 Å². The second-order valence-corrected chi connectivity index (χ2v) is 4.81. The highest BCUT2D eigenvalue weighted by molar-refractivity contribution is 6.31. The molecular formula is C14H18ClN3. The summed E-state index contributed by atoms with van der Waals surface area (Å²) in [6.45, 7) is 5.57. The van der Waals surface area contributed by atoms with E-state index in [9.17, 15) is 0 Å². The molecule has 0 bridgehead atoms. The van der Waals surface area contributed by atoms with Crippen LogP contribution in [0.4, 0.5) is 0 Å². The molecule has 2 N–H and O–H groups in total. The predicted octanol–water partition coefficient (Wildman–Crippen LogP) is 3.38. The first-order valence-electron chi connectivity index (χ1n) is 6.18. The average molecular weight is 264 g/mol.